The first kappa shape index (κ1) is 26.4. The number of hydrogen-bond acceptors (Lipinski definition) is 7. The van der Waals surface area contributed by atoms with Crippen LogP contribution in [0.1, 0.15) is 22.3 Å². The molecule has 7 heteroatoms. The maximum atomic E-state index is 10.5. The van der Waals surface area contributed by atoms with Gasteiger partial charge in [0.25, 0.3) is 0 Å². The van der Waals surface area contributed by atoms with Crippen LogP contribution >= 0.6 is 0 Å². The van der Waals surface area contributed by atoms with Gasteiger partial charge in [-0.15, -0.1) is 0 Å². The molecule has 0 saturated carbocycles. The molecule has 0 atom stereocenters. The van der Waals surface area contributed by atoms with Crippen LogP contribution in [0.3, 0.4) is 0 Å². The molecule has 0 amide bonds. The molecule has 4 aromatic carbocycles. The monoisotopic (exact) mass is 510 g/mol. The van der Waals surface area contributed by atoms with E-state index in [1.165, 1.54) is 0 Å². The number of benzene rings is 4. The van der Waals surface area contributed by atoms with Crippen molar-refractivity contribution in [3.8, 4) is 23.0 Å². The SMILES string of the molecule is Oc1ccccc1C=NCc1ccccc1OCC(O)COc1ccccc1CN=Cc1ccccc1O. The molecule has 0 bridgehead atoms. The number of aromatic hydroxyl groups is 2. The maximum Gasteiger partial charge on any atom is 0.124 e. The fourth-order valence-corrected chi connectivity index (χ4v) is 3.65. The molecular formula is C31H30N2O5. The number of rotatable bonds is 12. The van der Waals surface area contributed by atoms with Crippen molar-refractivity contribution in [2.24, 2.45) is 9.98 Å². The Bertz CT molecular complexity index is 1280. The van der Waals surface area contributed by atoms with Crippen molar-refractivity contribution in [1.82, 2.24) is 0 Å². The van der Waals surface area contributed by atoms with Crippen LogP contribution in [0.25, 0.3) is 0 Å². The highest BCUT2D eigenvalue weighted by atomic mass is 16.5. The molecule has 0 aliphatic carbocycles. The normalized spacial score (nSPS) is 12.1. The van der Waals surface area contributed by atoms with Crippen molar-refractivity contribution in [3.63, 3.8) is 0 Å². The van der Waals surface area contributed by atoms with Crippen LogP contribution in [0.5, 0.6) is 23.0 Å². The quantitative estimate of drug-likeness (QED) is 0.229. The number of aliphatic imine (C=N–C) groups is 2. The lowest BCUT2D eigenvalue weighted by molar-refractivity contribution is 0.0620. The molecule has 0 spiro atoms. The molecule has 0 aliphatic heterocycles. The van der Waals surface area contributed by atoms with Crippen molar-refractivity contribution in [2.45, 2.75) is 19.2 Å². The van der Waals surface area contributed by atoms with Crippen LogP contribution in [-0.2, 0) is 13.1 Å². The minimum absolute atomic E-state index is 0.0494. The van der Waals surface area contributed by atoms with Crippen molar-refractivity contribution in [2.75, 3.05) is 13.2 Å². The summed E-state index contributed by atoms with van der Waals surface area (Å²) < 4.78 is 11.7. The summed E-state index contributed by atoms with van der Waals surface area (Å²) in [6.07, 6.45) is 2.39. The van der Waals surface area contributed by atoms with E-state index in [4.69, 9.17) is 9.47 Å². The number of phenolic OH excluding ortho intramolecular Hbond substituents is 2. The van der Waals surface area contributed by atoms with E-state index in [-0.39, 0.29) is 24.7 Å². The van der Waals surface area contributed by atoms with E-state index in [9.17, 15) is 15.3 Å². The van der Waals surface area contributed by atoms with Gasteiger partial charge in [0, 0.05) is 34.7 Å². The van der Waals surface area contributed by atoms with Gasteiger partial charge >= 0.3 is 0 Å². The van der Waals surface area contributed by atoms with E-state index in [0.717, 1.165) is 11.1 Å². The highest BCUT2D eigenvalue weighted by Gasteiger charge is 2.11. The minimum Gasteiger partial charge on any atom is -0.507 e. The maximum absolute atomic E-state index is 10.5. The number of phenols is 2. The summed E-state index contributed by atoms with van der Waals surface area (Å²) in [4.78, 5) is 8.83. The first-order chi connectivity index (χ1) is 18.6. The van der Waals surface area contributed by atoms with E-state index in [0.29, 0.717) is 35.7 Å². The van der Waals surface area contributed by atoms with Crippen molar-refractivity contribution >= 4 is 12.4 Å². The van der Waals surface area contributed by atoms with Gasteiger partial charge in [-0.3, -0.25) is 9.98 Å². The summed E-state index contributed by atoms with van der Waals surface area (Å²) in [6.45, 7) is 0.832. The fourth-order valence-electron chi connectivity index (χ4n) is 3.65. The molecule has 194 valence electrons. The summed E-state index contributed by atoms with van der Waals surface area (Å²) in [5.74, 6) is 1.60. The van der Waals surface area contributed by atoms with E-state index in [1.54, 1.807) is 48.8 Å². The third kappa shape index (κ3) is 7.69. The molecule has 4 aromatic rings. The molecule has 7 nitrogen and oxygen atoms in total. The molecule has 0 unspecified atom stereocenters. The Balaban J connectivity index is 1.29. The van der Waals surface area contributed by atoms with Crippen LogP contribution < -0.4 is 9.47 Å². The molecule has 3 N–H and O–H groups in total. The smallest absolute Gasteiger partial charge is 0.124 e. The molecule has 4 rings (SSSR count). The second kappa shape index (κ2) is 13.6. The standard InChI is InChI=1S/C31H30N2O5/c34-27(21-37-30-15-7-3-11-25(30)19-32-17-23-9-1-5-13-28(23)35)22-38-31-16-8-4-12-26(31)20-33-18-24-10-2-6-14-29(24)36/h1-18,27,34-36H,19-22H2. The lowest BCUT2D eigenvalue weighted by atomic mass is 10.2. The molecule has 0 fully saturated rings. The average molecular weight is 511 g/mol. The molecule has 0 aromatic heterocycles. The molecule has 0 aliphatic rings. The molecule has 0 heterocycles. The van der Waals surface area contributed by atoms with Gasteiger partial charge in [-0.2, -0.15) is 0 Å². The lowest BCUT2D eigenvalue weighted by Gasteiger charge is -2.16. The van der Waals surface area contributed by atoms with Crippen molar-refractivity contribution in [1.29, 1.82) is 0 Å². The number of para-hydroxylation sites is 4. The van der Waals surface area contributed by atoms with E-state index >= 15 is 0 Å². The Morgan fingerprint density at radius 2 is 0.974 bits per heavy atom. The predicted molar refractivity (Wildman–Crippen MR) is 149 cm³/mol. The number of aliphatic hydroxyl groups is 1. The van der Waals surface area contributed by atoms with Crippen LogP contribution in [0, 0.1) is 0 Å². The molecule has 0 saturated heterocycles. The van der Waals surface area contributed by atoms with Gasteiger partial charge in [-0.1, -0.05) is 60.7 Å². The summed E-state index contributed by atoms with van der Waals surface area (Å²) in [7, 11) is 0. The average Bonchev–Trinajstić information content (AvgIpc) is 2.94. The highest BCUT2D eigenvalue weighted by molar-refractivity contribution is 5.83. The zero-order valence-corrected chi connectivity index (χ0v) is 20.9. The highest BCUT2D eigenvalue weighted by Crippen LogP contribution is 2.22. The van der Waals surface area contributed by atoms with Crippen LogP contribution in [-0.4, -0.2) is 47.1 Å². The van der Waals surface area contributed by atoms with Gasteiger partial charge in [0.1, 0.15) is 42.3 Å². The minimum atomic E-state index is -0.856. The van der Waals surface area contributed by atoms with Crippen molar-refractivity contribution < 1.29 is 24.8 Å². The molecular weight excluding hydrogens is 480 g/mol. The fraction of sp³-hybridized carbons (Fsp3) is 0.161. The Hall–Kier alpha value is -4.62. The van der Waals surface area contributed by atoms with Gasteiger partial charge in [0.05, 0.1) is 13.1 Å². The van der Waals surface area contributed by atoms with Crippen LogP contribution in [0.4, 0.5) is 0 Å². The second-order valence-electron chi connectivity index (χ2n) is 8.55. The van der Waals surface area contributed by atoms with Gasteiger partial charge in [0.2, 0.25) is 0 Å². The van der Waals surface area contributed by atoms with Crippen LogP contribution in [0.15, 0.2) is 107 Å². The Morgan fingerprint density at radius 3 is 1.42 bits per heavy atom. The van der Waals surface area contributed by atoms with E-state index in [2.05, 4.69) is 9.98 Å². The largest absolute Gasteiger partial charge is 0.507 e. The molecule has 38 heavy (non-hydrogen) atoms. The summed E-state index contributed by atoms with van der Waals surface area (Å²) in [5.41, 5.74) is 3.00. The second-order valence-corrected chi connectivity index (χ2v) is 8.55. The summed E-state index contributed by atoms with van der Waals surface area (Å²) >= 11 is 0. The zero-order valence-electron chi connectivity index (χ0n) is 20.9. The lowest BCUT2D eigenvalue weighted by Crippen LogP contribution is -2.25. The van der Waals surface area contributed by atoms with Crippen molar-refractivity contribution in [3.05, 3.63) is 119 Å². The number of ether oxygens (including phenoxy) is 2. The van der Waals surface area contributed by atoms with E-state index in [1.807, 2.05) is 60.7 Å². The van der Waals surface area contributed by atoms with Gasteiger partial charge in [0.15, 0.2) is 0 Å². The number of nitrogens with zero attached hydrogens (tertiary/aromatic N) is 2. The zero-order chi connectivity index (χ0) is 26.6. The number of hydrogen-bond donors (Lipinski definition) is 3. The van der Waals surface area contributed by atoms with Gasteiger partial charge in [-0.05, 0) is 36.4 Å². The summed E-state index contributed by atoms with van der Waals surface area (Å²) in [6, 6.07) is 29.0. The van der Waals surface area contributed by atoms with E-state index < -0.39 is 6.10 Å². The Labute approximate surface area is 222 Å². The van der Waals surface area contributed by atoms with Gasteiger partial charge < -0.3 is 24.8 Å². The third-order valence-corrected chi connectivity index (χ3v) is 5.67. The van der Waals surface area contributed by atoms with Crippen LogP contribution in [0.2, 0.25) is 0 Å². The Morgan fingerprint density at radius 1 is 0.579 bits per heavy atom. The number of aliphatic hydroxyl groups excluding tert-OH is 1. The topological polar surface area (TPSA) is 104 Å². The Kier molecular flexibility index (Phi) is 9.48. The third-order valence-electron chi connectivity index (χ3n) is 5.67. The van der Waals surface area contributed by atoms with Gasteiger partial charge in [-0.25, -0.2) is 0 Å². The first-order valence-corrected chi connectivity index (χ1v) is 12.3. The molecule has 0 radical (unpaired) electrons. The first-order valence-electron chi connectivity index (χ1n) is 12.3. The predicted octanol–water partition coefficient (Wildman–Crippen LogP) is 5.15. The summed E-state index contributed by atoms with van der Waals surface area (Å²) in [5, 5.41) is 30.3.